The zero-order valence-corrected chi connectivity index (χ0v) is 19.7. The molecule has 3 aromatic heterocycles. The fourth-order valence-corrected chi connectivity index (χ4v) is 4.76. The summed E-state index contributed by atoms with van der Waals surface area (Å²) in [4.78, 5) is 20.2. The molecule has 1 aliphatic carbocycles. The second-order valence-corrected chi connectivity index (χ2v) is 9.65. The van der Waals surface area contributed by atoms with Crippen LogP contribution in [0.5, 0.6) is 0 Å². The summed E-state index contributed by atoms with van der Waals surface area (Å²) in [6, 6.07) is 10.5. The third-order valence-corrected chi connectivity index (χ3v) is 7.03. The molecule has 1 saturated carbocycles. The molecule has 9 nitrogen and oxygen atoms in total. The van der Waals surface area contributed by atoms with E-state index in [1.807, 2.05) is 36.2 Å². The van der Waals surface area contributed by atoms with Gasteiger partial charge in [-0.1, -0.05) is 0 Å². The number of benzene rings is 1. The van der Waals surface area contributed by atoms with Crippen LogP contribution in [-0.2, 0) is 4.79 Å². The van der Waals surface area contributed by atoms with Gasteiger partial charge in [-0.25, -0.2) is 8.91 Å². The molecule has 0 radical (unpaired) electrons. The normalized spacial score (nSPS) is 19.9. The molecule has 1 atom stereocenters. The highest BCUT2D eigenvalue weighted by molar-refractivity contribution is 6.00. The van der Waals surface area contributed by atoms with Gasteiger partial charge in [0.1, 0.15) is 16.9 Å². The fourth-order valence-electron chi connectivity index (χ4n) is 4.76. The van der Waals surface area contributed by atoms with Gasteiger partial charge in [-0.15, -0.1) is 5.10 Å². The molecule has 2 fully saturated rings. The average Bonchev–Trinajstić information content (AvgIpc) is 3.20. The van der Waals surface area contributed by atoms with Crippen LogP contribution < -0.4 is 15.5 Å². The van der Waals surface area contributed by atoms with Crippen LogP contribution in [-0.4, -0.2) is 42.8 Å². The van der Waals surface area contributed by atoms with E-state index in [0.29, 0.717) is 47.7 Å². The highest BCUT2D eigenvalue weighted by Gasteiger charge is 2.45. The van der Waals surface area contributed by atoms with Crippen LogP contribution >= 0.6 is 0 Å². The molecule has 4 aromatic rings. The average molecular weight is 475 g/mol. The van der Waals surface area contributed by atoms with E-state index in [4.69, 9.17) is 10.1 Å². The number of hydrogen-bond acceptors (Lipinski definition) is 6. The maximum Gasteiger partial charge on any atom is 0.250 e. The minimum Gasteiger partial charge on any atom is -0.325 e. The van der Waals surface area contributed by atoms with Crippen LogP contribution in [0.1, 0.15) is 49.8 Å². The largest absolute Gasteiger partial charge is 0.325 e. The molecule has 0 bridgehead atoms. The third-order valence-electron chi connectivity index (χ3n) is 7.03. The molecule has 180 valence electrons. The predicted octanol–water partition coefficient (Wildman–Crippen LogP) is 4.52. The number of nitrogens with zero attached hydrogens (tertiary/aromatic N) is 5. The number of fused-ring (bicyclic) bond motifs is 1. The number of aromatic nitrogens is 5. The summed E-state index contributed by atoms with van der Waals surface area (Å²) >= 11 is 0. The molecular formula is C25H27FN8O. The van der Waals surface area contributed by atoms with Crippen molar-refractivity contribution < 1.29 is 9.18 Å². The van der Waals surface area contributed by atoms with Gasteiger partial charge in [0.05, 0.1) is 0 Å². The van der Waals surface area contributed by atoms with Crippen LogP contribution in [0.25, 0.3) is 5.52 Å². The van der Waals surface area contributed by atoms with Crippen molar-refractivity contribution in [3.63, 3.8) is 0 Å². The van der Waals surface area contributed by atoms with Crippen LogP contribution in [0.15, 0.2) is 42.6 Å². The zero-order valence-electron chi connectivity index (χ0n) is 19.7. The topological polar surface area (TPSA) is 103 Å². The van der Waals surface area contributed by atoms with Crippen LogP contribution in [0.4, 0.5) is 27.7 Å². The molecule has 0 spiro atoms. The van der Waals surface area contributed by atoms with Crippen molar-refractivity contribution in [3.05, 3.63) is 59.7 Å². The van der Waals surface area contributed by atoms with Crippen molar-refractivity contribution in [1.82, 2.24) is 24.8 Å². The Bertz CT molecular complexity index is 1420. The zero-order chi connectivity index (χ0) is 24.2. The van der Waals surface area contributed by atoms with E-state index in [2.05, 4.69) is 20.8 Å². The first-order valence-corrected chi connectivity index (χ1v) is 11.9. The molecule has 3 N–H and O–H groups in total. The summed E-state index contributed by atoms with van der Waals surface area (Å²) in [7, 11) is 0. The van der Waals surface area contributed by atoms with E-state index in [1.165, 1.54) is 18.9 Å². The molecule has 10 heteroatoms. The number of nitrogens with one attached hydrogen (secondary N) is 3. The Morgan fingerprint density at radius 1 is 1.26 bits per heavy atom. The van der Waals surface area contributed by atoms with Gasteiger partial charge in [0.2, 0.25) is 11.9 Å². The van der Waals surface area contributed by atoms with E-state index < -0.39 is 5.54 Å². The fraction of sp³-hybridized carbons (Fsp3) is 0.360. The molecule has 35 heavy (non-hydrogen) atoms. The van der Waals surface area contributed by atoms with Gasteiger partial charge in [0.15, 0.2) is 11.6 Å². The summed E-state index contributed by atoms with van der Waals surface area (Å²) < 4.78 is 15.4. The number of halogens is 1. The van der Waals surface area contributed by atoms with Gasteiger partial charge in [-0.2, -0.15) is 10.1 Å². The van der Waals surface area contributed by atoms with Gasteiger partial charge in [0.25, 0.3) is 0 Å². The number of amides is 1. The number of hydrogen-bond donors (Lipinski definition) is 3. The van der Waals surface area contributed by atoms with Crippen LogP contribution in [0, 0.1) is 12.7 Å². The summed E-state index contributed by atoms with van der Waals surface area (Å²) in [6.45, 7) is 4.22. The summed E-state index contributed by atoms with van der Waals surface area (Å²) in [6.07, 6.45) is 5.72. The molecule has 1 saturated heterocycles. The van der Waals surface area contributed by atoms with Crippen molar-refractivity contribution >= 4 is 34.7 Å². The van der Waals surface area contributed by atoms with Gasteiger partial charge >= 0.3 is 0 Å². The lowest BCUT2D eigenvalue weighted by atomic mass is 9.97. The van der Waals surface area contributed by atoms with Crippen LogP contribution in [0.3, 0.4) is 0 Å². The Balaban J connectivity index is 1.30. The summed E-state index contributed by atoms with van der Waals surface area (Å²) in [5.41, 5.74) is 2.14. The maximum atomic E-state index is 13.7. The number of carbonyl (C=O) groups excluding carboxylic acids is 1. The summed E-state index contributed by atoms with van der Waals surface area (Å²) in [5, 5.41) is 18.5. The monoisotopic (exact) mass is 474 g/mol. The highest BCUT2D eigenvalue weighted by atomic mass is 19.1. The second kappa shape index (κ2) is 8.07. The van der Waals surface area contributed by atoms with Gasteiger partial charge in [-0.05, 0) is 75.4 Å². The van der Waals surface area contributed by atoms with Crippen molar-refractivity contribution in [1.29, 1.82) is 0 Å². The Labute approximate surface area is 201 Å². The second-order valence-electron chi connectivity index (χ2n) is 9.65. The standard InChI is InChI=1S/C25H27FN8O/c1-15-13-17(8-9-18(15)26)27-23(35)25(2)10-4-11-33(25)24-29-22(20-5-3-12-34(20)32-24)28-21-14-19(30-31-21)16-6-7-16/h3,5,8-9,12-14,16H,4,6-7,10-11H2,1-2H3,(H,27,35)(H2,28,29,30,31,32)/t25-/m0/s1. The van der Waals surface area contributed by atoms with Gasteiger partial charge in [0, 0.05) is 36.1 Å². The third kappa shape index (κ3) is 3.88. The van der Waals surface area contributed by atoms with E-state index in [1.54, 1.807) is 23.6 Å². The van der Waals surface area contributed by atoms with Crippen molar-refractivity contribution in [3.8, 4) is 0 Å². The van der Waals surface area contributed by atoms with E-state index >= 15 is 0 Å². The Morgan fingerprint density at radius 2 is 2.11 bits per heavy atom. The quantitative estimate of drug-likeness (QED) is 0.380. The Hall–Kier alpha value is -3.95. The van der Waals surface area contributed by atoms with Crippen molar-refractivity contribution in [2.75, 3.05) is 22.1 Å². The first-order chi connectivity index (χ1) is 16.9. The first kappa shape index (κ1) is 21.6. The predicted molar refractivity (Wildman–Crippen MR) is 132 cm³/mol. The molecule has 1 aliphatic heterocycles. The van der Waals surface area contributed by atoms with Gasteiger partial charge in [-0.3, -0.25) is 9.89 Å². The van der Waals surface area contributed by atoms with Crippen molar-refractivity contribution in [2.45, 2.75) is 51.0 Å². The number of H-pyrrole nitrogens is 1. The number of rotatable bonds is 6. The Kier molecular flexibility index (Phi) is 4.98. The number of aryl methyl sites for hydroxylation is 1. The SMILES string of the molecule is Cc1cc(NC(=O)[C@]2(C)CCCN2c2nc(Nc3cc(C4CC4)[nH]n3)c3cccn3n2)ccc1F. The van der Waals surface area contributed by atoms with Crippen molar-refractivity contribution in [2.24, 2.45) is 0 Å². The molecular weight excluding hydrogens is 447 g/mol. The lowest BCUT2D eigenvalue weighted by Gasteiger charge is -2.34. The molecule has 0 unspecified atom stereocenters. The number of aromatic amines is 1. The lowest BCUT2D eigenvalue weighted by Crippen LogP contribution is -2.51. The lowest BCUT2D eigenvalue weighted by molar-refractivity contribution is -0.120. The molecule has 4 heterocycles. The van der Waals surface area contributed by atoms with Gasteiger partial charge < -0.3 is 15.5 Å². The number of carbonyl (C=O) groups is 1. The minimum atomic E-state index is -0.855. The van der Waals surface area contributed by atoms with E-state index in [9.17, 15) is 9.18 Å². The minimum absolute atomic E-state index is 0.173. The first-order valence-electron chi connectivity index (χ1n) is 11.9. The van der Waals surface area contributed by atoms with Crippen LogP contribution in [0.2, 0.25) is 0 Å². The maximum absolute atomic E-state index is 13.7. The Morgan fingerprint density at radius 3 is 2.91 bits per heavy atom. The highest BCUT2D eigenvalue weighted by Crippen LogP contribution is 2.40. The smallest absolute Gasteiger partial charge is 0.250 e. The van der Waals surface area contributed by atoms with E-state index in [-0.39, 0.29) is 11.7 Å². The molecule has 6 rings (SSSR count). The molecule has 1 amide bonds. The summed E-state index contributed by atoms with van der Waals surface area (Å²) in [5.74, 6) is 1.88. The molecule has 2 aliphatic rings. The molecule has 1 aromatic carbocycles. The van der Waals surface area contributed by atoms with E-state index in [0.717, 1.165) is 17.6 Å². The number of anilines is 4.